The number of hydrogen-bond acceptors (Lipinski definition) is 4. The molecule has 1 heterocycles. The third kappa shape index (κ3) is 3.51. The van der Waals surface area contributed by atoms with Gasteiger partial charge in [0, 0.05) is 12.1 Å². The lowest BCUT2D eigenvalue weighted by Gasteiger charge is -1.98. The number of rotatable bonds is 5. The van der Waals surface area contributed by atoms with Crippen molar-refractivity contribution in [3.05, 3.63) is 53.5 Å². The number of nitrogens with zero attached hydrogens (tertiary/aromatic N) is 3. The molecule has 0 fully saturated rings. The zero-order chi connectivity index (χ0) is 13.7. The number of aromatic nitrogens is 3. The van der Waals surface area contributed by atoms with Gasteiger partial charge in [-0.1, -0.05) is 11.8 Å². The quantitative estimate of drug-likeness (QED) is 0.479. The minimum Gasteiger partial charge on any atom is -0.309 e. The van der Waals surface area contributed by atoms with Crippen molar-refractivity contribution in [2.45, 2.75) is 18.6 Å². The third-order valence-corrected chi connectivity index (χ3v) is 3.24. The van der Waals surface area contributed by atoms with E-state index in [2.05, 4.69) is 10.2 Å². The van der Waals surface area contributed by atoms with Crippen LogP contribution in [0.25, 0.3) is 0 Å². The second-order valence-corrected chi connectivity index (χ2v) is 4.56. The molecular weight excluding hydrogens is 265 g/mol. The molecule has 0 unspecified atom stereocenters. The van der Waals surface area contributed by atoms with Crippen LogP contribution in [0.15, 0.2) is 47.2 Å². The Morgan fingerprint density at radius 3 is 2.84 bits per heavy atom. The molecule has 0 radical (unpaired) electrons. The number of carbonyl (C=O) groups excluding carboxylic acids is 1. The van der Waals surface area contributed by atoms with Crippen LogP contribution >= 0.6 is 11.8 Å². The van der Waals surface area contributed by atoms with E-state index in [0.29, 0.717) is 5.56 Å². The molecule has 0 aliphatic rings. The summed E-state index contributed by atoms with van der Waals surface area (Å²) in [6, 6.07) is 5.45. The fraction of sp³-hybridized carbons (Fsp3) is 0.154. The van der Waals surface area contributed by atoms with Crippen molar-refractivity contribution in [1.29, 1.82) is 0 Å². The van der Waals surface area contributed by atoms with E-state index in [0.717, 1.165) is 11.7 Å². The van der Waals surface area contributed by atoms with Crippen LogP contribution in [-0.2, 0) is 6.54 Å². The highest BCUT2D eigenvalue weighted by atomic mass is 32.2. The van der Waals surface area contributed by atoms with E-state index >= 15 is 0 Å². The normalized spacial score (nSPS) is 11.1. The summed E-state index contributed by atoms with van der Waals surface area (Å²) in [7, 11) is 0. The topological polar surface area (TPSA) is 47.8 Å². The van der Waals surface area contributed by atoms with Gasteiger partial charge in [-0.25, -0.2) is 4.39 Å². The summed E-state index contributed by atoms with van der Waals surface area (Å²) in [6.07, 6.45) is 3.07. The number of benzene rings is 1. The maximum atomic E-state index is 12.7. The van der Waals surface area contributed by atoms with Crippen molar-refractivity contribution in [3.63, 3.8) is 0 Å². The van der Waals surface area contributed by atoms with Crippen molar-refractivity contribution in [2.24, 2.45) is 0 Å². The van der Waals surface area contributed by atoms with Gasteiger partial charge in [-0.2, -0.15) is 0 Å². The van der Waals surface area contributed by atoms with Crippen LogP contribution in [0, 0.1) is 5.82 Å². The van der Waals surface area contributed by atoms with Gasteiger partial charge in [0.25, 0.3) is 0 Å². The first kappa shape index (κ1) is 13.5. The smallest absolute Gasteiger partial charge is 0.195 e. The standard InChI is InChI=1S/C13H12FN3OS/c1-2-17-9-15-16-13(17)19-8-7-12(18)10-3-5-11(14)6-4-10/h3-9H,2H2,1H3/b8-7+. The molecule has 19 heavy (non-hydrogen) atoms. The molecule has 0 atom stereocenters. The largest absolute Gasteiger partial charge is 0.309 e. The van der Waals surface area contributed by atoms with Crippen LogP contribution in [0.2, 0.25) is 0 Å². The summed E-state index contributed by atoms with van der Waals surface area (Å²) in [6.45, 7) is 2.76. The molecule has 0 saturated heterocycles. The molecule has 0 N–H and O–H groups in total. The van der Waals surface area contributed by atoms with E-state index in [4.69, 9.17) is 0 Å². The first-order valence-corrected chi connectivity index (χ1v) is 6.59. The molecule has 2 aromatic rings. The number of ketones is 1. The van der Waals surface area contributed by atoms with Gasteiger partial charge in [-0.3, -0.25) is 4.79 Å². The predicted molar refractivity (Wildman–Crippen MR) is 71.4 cm³/mol. The molecule has 0 saturated carbocycles. The predicted octanol–water partition coefficient (Wildman–Crippen LogP) is 2.93. The lowest BCUT2D eigenvalue weighted by Crippen LogP contribution is -1.95. The monoisotopic (exact) mass is 277 g/mol. The molecule has 1 aromatic heterocycles. The van der Waals surface area contributed by atoms with Gasteiger partial charge in [0.2, 0.25) is 0 Å². The number of halogens is 1. The summed E-state index contributed by atoms with van der Waals surface area (Å²) in [5, 5.41) is 10.1. The number of allylic oxidation sites excluding steroid dienone is 1. The lowest BCUT2D eigenvalue weighted by molar-refractivity contribution is 0.104. The fourth-order valence-electron chi connectivity index (χ4n) is 1.42. The average Bonchev–Trinajstić information content (AvgIpc) is 2.87. The molecule has 0 amide bonds. The zero-order valence-corrected chi connectivity index (χ0v) is 11.1. The van der Waals surface area contributed by atoms with Crippen LogP contribution < -0.4 is 0 Å². The molecule has 4 nitrogen and oxygen atoms in total. The van der Waals surface area contributed by atoms with Crippen LogP contribution in [-0.4, -0.2) is 20.5 Å². The summed E-state index contributed by atoms with van der Waals surface area (Å²) in [4.78, 5) is 11.8. The van der Waals surface area contributed by atoms with Crippen molar-refractivity contribution < 1.29 is 9.18 Å². The van der Waals surface area contributed by atoms with Gasteiger partial charge >= 0.3 is 0 Å². The molecule has 6 heteroatoms. The molecule has 2 rings (SSSR count). The highest BCUT2D eigenvalue weighted by molar-refractivity contribution is 8.02. The van der Waals surface area contributed by atoms with E-state index in [-0.39, 0.29) is 11.6 Å². The Morgan fingerprint density at radius 2 is 2.16 bits per heavy atom. The SMILES string of the molecule is CCn1cnnc1S/C=C/C(=O)c1ccc(F)cc1. The van der Waals surface area contributed by atoms with Crippen LogP contribution in [0.1, 0.15) is 17.3 Å². The first-order chi connectivity index (χ1) is 9.20. The van der Waals surface area contributed by atoms with Crippen molar-refractivity contribution in [3.8, 4) is 0 Å². The maximum Gasteiger partial charge on any atom is 0.195 e. The summed E-state index contributed by atoms with van der Waals surface area (Å²) in [5.74, 6) is -0.527. The van der Waals surface area contributed by atoms with Crippen LogP contribution in [0.5, 0.6) is 0 Å². The Hall–Kier alpha value is -1.95. The molecular formula is C13H12FN3OS. The van der Waals surface area contributed by atoms with Gasteiger partial charge in [-0.05, 0) is 42.7 Å². The molecule has 1 aromatic carbocycles. The summed E-state index contributed by atoms with van der Waals surface area (Å²) < 4.78 is 14.6. The van der Waals surface area contributed by atoms with Crippen LogP contribution in [0.4, 0.5) is 4.39 Å². The first-order valence-electron chi connectivity index (χ1n) is 5.71. The van der Waals surface area contributed by atoms with Gasteiger partial charge in [0.15, 0.2) is 10.9 Å². The number of carbonyl (C=O) groups is 1. The third-order valence-electron chi connectivity index (χ3n) is 2.44. The minimum atomic E-state index is -0.356. The second-order valence-electron chi connectivity index (χ2n) is 3.69. The van der Waals surface area contributed by atoms with Crippen molar-refractivity contribution in [1.82, 2.24) is 14.8 Å². The fourth-order valence-corrected chi connectivity index (χ4v) is 2.14. The van der Waals surface area contributed by atoms with Gasteiger partial charge < -0.3 is 4.57 Å². The molecule has 0 bridgehead atoms. The van der Waals surface area contributed by atoms with Crippen molar-refractivity contribution in [2.75, 3.05) is 0 Å². The van der Waals surface area contributed by atoms with Gasteiger partial charge in [0.1, 0.15) is 12.1 Å². The number of thioether (sulfide) groups is 1. The molecule has 0 spiro atoms. The van der Waals surface area contributed by atoms with E-state index < -0.39 is 0 Å². The zero-order valence-electron chi connectivity index (χ0n) is 10.3. The number of hydrogen-bond donors (Lipinski definition) is 0. The van der Waals surface area contributed by atoms with Crippen LogP contribution in [0.3, 0.4) is 0 Å². The molecule has 0 aliphatic heterocycles. The Balaban J connectivity index is 1.99. The molecule has 98 valence electrons. The van der Waals surface area contributed by atoms with E-state index in [1.54, 1.807) is 11.7 Å². The lowest BCUT2D eigenvalue weighted by atomic mass is 10.1. The Labute approximate surface area is 114 Å². The van der Waals surface area contributed by atoms with Crippen molar-refractivity contribution >= 4 is 17.5 Å². The van der Waals surface area contributed by atoms with Gasteiger partial charge in [0.05, 0.1) is 0 Å². The van der Waals surface area contributed by atoms with E-state index in [1.165, 1.54) is 42.1 Å². The average molecular weight is 277 g/mol. The Kier molecular flexibility index (Phi) is 4.46. The molecule has 0 aliphatic carbocycles. The second kappa shape index (κ2) is 6.29. The summed E-state index contributed by atoms with van der Waals surface area (Å²) >= 11 is 1.32. The minimum absolute atomic E-state index is 0.171. The maximum absolute atomic E-state index is 12.7. The Morgan fingerprint density at radius 1 is 1.42 bits per heavy atom. The number of aryl methyl sites for hydroxylation is 1. The van der Waals surface area contributed by atoms with E-state index in [9.17, 15) is 9.18 Å². The summed E-state index contributed by atoms with van der Waals surface area (Å²) in [5.41, 5.74) is 0.454. The van der Waals surface area contributed by atoms with E-state index in [1.807, 2.05) is 11.5 Å². The highest BCUT2D eigenvalue weighted by Crippen LogP contribution is 2.16. The Bertz CT molecular complexity index is 592. The highest BCUT2D eigenvalue weighted by Gasteiger charge is 2.03. The van der Waals surface area contributed by atoms with Gasteiger partial charge in [-0.15, -0.1) is 10.2 Å².